The van der Waals surface area contributed by atoms with Crippen LogP contribution in [0, 0.1) is 8.99 Å². The van der Waals surface area contributed by atoms with Crippen molar-refractivity contribution in [3.8, 4) is 5.75 Å². The third-order valence-corrected chi connectivity index (χ3v) is 6.27. The molecule has 0 fully saturated rings. The van der Waals surface area contributed by atoms with E-state index in [0.717, 1.165) is 9.32 Å². The molecule has 0 bridgehead atoms. The van der Waals surface area contributed by atoms with Gasteiger partial charge in [-0.3, -0.25) is 4.79 Å². The average Bonchev–Trinajstić information content (AvgIpc) is 2.33. The number of Topliss-reactive ketones (excluding diaryl/α,β-unsaturated/α-hetero) is 1. The van der Waals surface area contributed by atoms with Crippen LogP contribution in [0.4, 0.5) is 0 Å². The van der Waals surface area contributed by atoms with Gasteiger partial charge in [-0.05, 0) is 17.5 Å². The van der Waals surface area contributed by atoms with E-state index >= 15 is 0 Å². The largest absolute Gasteiger partial charge is 0.507 e. The molecule has 3 nitrogen and oxygen atoms in total. The number of allylic oxidation sites excluding steroid dienone is 2. The Balaban J connectivity index is 2.30. The summed E-state index contributed by atoms with van der Waals surface area (Å²) in [7, 11) is 1.63. The maximum absolute atomic E-state index is 12.2. The van der Waals surface area contributed by atoms with Gasteiger partial charge in [0, 0.05) is 12.8 Å². The van der Waals surface area contributed by atoms with Crippen molar-refractivity contribution in [2.24, 2.45) is 5.41 Å². The van der Waals surface area contributed by atoms with Crippen molar-refractivity contribution in [2.75, 3.05) is 7.11 Å². The first-order valence-electron chi connectivity index (χ1n) is 6.16. The number of aliphatic hydroxyl groups excluding tert-OH is 1. The second kappa shape index (κ2) is 5.53. The van der Waals surface area contributed by atoms with E-state index in [1.165, 1.54) is 0 Å². The SMILES string of the molecule is COc1ccccc1[I+]C1=C(O)CC(C)(C)CC1=O. The zero-order valence-electron chi connectivity index (χ0n) is 11.4. The zero-order valence-corrected chi connectivity index (χ0v) is 13.5. The lowest BCUT2D eigenvalue weighted by Crippen LogP contribution is -3.61. The second-order valence-corrected chi connectivity index (χ2v) is 8.21. The molecule has 0 saturated carbocycles. The number of benzene rings is 1. The van der Waals surface area contributed by atoms with E-state index in [-0.39, 0.29) is 17.0 Å². The smallest absolute Gasteiger partial charge is 0.369 e. The van der Waals surface area contributed by atoms with Crippen LogP contribution < -0.4 is 25.9 Å². The maximum Gasteiger partial charge on any atom is 0.369 e. The van der Waals surface area contributed by atoms with Crippen LogP contribution in [0.3, 0.4) is 0 Å². The Bertz CT molecular complexity index is 532. The van der Waals surface area contributed by atoms with Crippen LogP contribution in [0.2, 0.25) is 0 Å². The molecule has 0 amide bonds. The molecular weight excluding hydrogens is 355 g/mol. The van der Waals surface area contributed by atoms with Gasteiger partial charge in [-0.2, -0.15) is 0 Å². The minimum absolute atomic E-state index is 0.0902. The predicted molar refractivity (Wildman–Crippen MR) is 69.4 cm³/mol. The summed E-state index contributed by atoms with van der Waals surface area (Å²) < 4.78 is 6.99. The van der Waals surface area contributed by atoms with E-state index in [9.17, 15) is 9.90 Å². The molecule has 0 heterocycles. The highest BCUT2D eigenvalue weighted by molar-refractivity contribution is 5.94. The fourth-order valence-electron chi connectivity index (χ4n) is 2.16. The number of carbonyl (C=O) groups is 1. The summed E-state index contributed by atoms with van der Waals surface area (Å²) in [6, 6.07) is 7.71. The molecule has 0 aliphatic heterocycles. The Morgan fingerprint density at radius 1 is 1.26 bits per heavy atom. The highest BCUT2D eigenvalue weighted by Gasteiger charge is 2.41. The molecule has 0 unspecified atom stereocenters. The van der Waals surface area contributed by atoms with Crippen molar-refractivity contribution in [1.29, 1.82) is 0 Å². The fourth-order valence-corrected chi connectivity index (χ4v) is 4.79. The van der Waals surface area contributed by atoms with Gasteiger partial charge in [-0.15, -0.1) is 0 Å². The molecule has 1 N–H and O–H groups in total. The number of hydrogen-bond acceptors (Lipinski definition) is 3. The van der Waals surface area contributed by atoms with Gasteiger partial charge in [0.1, 0.15) is 0 Å². The molecular formula is C15H18IO3+. The van der Waals surface area contributed by atoms with Gasteiger partial charge in [-0.1, -0.05) is 26.0 Å². The van der Waals surface area contributed by atoms with Gasteiger partial charge in [-0.25, -0.2) is 0 Å². The molecule has 1 aromatic carbocycles. The van der Waals surface area contributed by atoms with Crippen LogP contribution in [0.15, 0.2) is 33.6 Å². The van der Waals surface area contributed by atoms with E-state index in [0.29, 0.717) is 16.4 Å². The van der Waals surface area contributed by atoms with E-state index < -0.39 is 21.2 Å². The van der Waals surface area contributed by atoms with Crippen molar-refractivity contribution in [3.63, 3.8) is 0 Å². The van der Waals surface area contributed by atoms with Crippen LogP contribution in [0.1, 0.15) is 26.7 Å². The number of para-hydroxylation sites is 1. The molecule has 1 aliphatic rings. The average molecular weight is 373 g/mol. The molecule has 0 radical (unpaired) electrons. The van der Waals surface area contributed by atoms with Crippen molar-refractivity contribution in [3.05, 3.63) is 37.2 Å². The minimum atomic E-state index is -0.690. The van der Waals surface area contributed by atoms with E-state index in [2.05, 4.69) is 0 Å². The quantitative estimate of drug-likeness (QED) is 0.766. The van der Waals surface area contributed by atoms with E-state index in [1.54, 1.807) is 7.11 Å². The standard InChI is InChI=1S/C15H17IO3/c1-15(2)8-11(17)14(12(18)9-15)16-10-6-4-5-7-13(10)19-3/h4-7H,8-9H2,1-3H3/p+1. The third kappa shape index (κ3) is 3.29. The molecule has 1 aromatic rings. The summed E-state index contributed by atoms with van der Waals surface area (Å²) in [6.07, 6.45) is 1.10. The Morgan fingerprint density at radius 3 is 2.58 bits per heavy atom. The number of aliphatic hydroxyl groups is 1. The normalized spacial score (nSPS) is 18.6. The fraction of sp³-hybridized carbons (Fsp3) is 0.400. The molecule has 0 aromatic heterocycles. The van der Waals surface area contributed by atoms with Gasteiger partial charge in [0.25, 0.3) is 3.58 Å². The van der Waals surface area contributed by atoms with Gasteiger partial charge >= 0.3 is 21.2 Å². The topological polar surface area (TPSA) is 46.5 Å². The molecule has 0 atom stereocenters. The molecule has 4 heteroatoms. The van der Waals surface area contributed by atoms with Gasteiger partial charge in [0.2, 0.25) is 9.35 Å². The number of carbonyl (C=O) groups excluding carboxylic acids is 1. The van der Waals surface area contributed by atoms with Gasteiger partial charge < -0.3 is 9.84 Å². The number of hydrogen-bond donors (Lipinski definition) is 1. The summed E-state index contributed by atoms with van der Waals surface area (Å²) >= 11 is -0.690. The maximum atomic E-state index is 12.2. The minimum Gasteiger partial charge on any atom is -0.507 e. The highest BCUT2D eigenvalue weighted by atomic mass is 127. The monoisotopic (exact) mass is 373 g/mol. The summed E-state index contributed by atoms with van der Waals surface area (Å²) in [5.41, 5.74) is -0.130. The Labute approximate surface area is 123 Å². The predicted octanol–water partition coefficient (Wildman–Crippen LogP) is 0.113. The van der Waals surface area contributed by atoms with Crippen molar-refractivity contribution < 1.29 is 35.8 Å². The van der Waals surface area contributed by atoms with E-state index in [1.807, 2.05) is 38.1 Å². The first kappa shape index (κ1) is 14.4. The molecule has 19 heavy (non-hydrogen) atoms. The van der Waals surface area contributed by atoms with Crippen molar-refractivity contribution in [1.82, 2.24) is 0 Å². The van der Waals surface area contributed by atoms with Gasteiger partial charge in [0.05, 0.1) is 7.11 Å². The van der Waals surface area contributed by atoms with E-state index in [4.69, 9.17) is 4.74 Å². The first-order chi connectivity index (χ1) is 8.93. The molecule has 102 valence electrons. The number of methoxy groups -OCH3 is 1. The lowest BCUT2D eigenvalue weighted by molar-refractivity contribution is -0.573. The number of rotatable bonds is 3. The van der Waals surface area contributed by atoms with Crippen molar-refractivity contribution in [2.45, 2.75) is 26.7 Å². The van der Waals surface area contributed by atoms with Crippen LogP contribution in [-0.2, 0) is 4.79 Å². The lowest BCUT2D eigenvalue weighted by atomic mass is 9.79. The Morgan fingerprint density at radius 2 is 1.95 bits per heavy atom. The Kier molecular flexibility index (Phi) is 4.18. The summed E-state index contributed by atoms with van der Waals surface area (Å²) in [5, 5.41) is 10.1. The summed E-state index contributed by atoms with van der Waals surface area (Å²) in [5.74, 6) is 1.17. The lowest BCUT2D eigenvalue weighted by Gasteiger charge is -2.26. The summed E-state index contributed by atoms with van der Waals surface area (Å²) in [6.45, 7) is 4.03. The Hall–Kier alpha value is -1.04. The number of halogens is 1. The highest BCUT2D eigenvalue weighted by Crippen LogP contribution is 2.33. The van der Waals surface area contributed by atoms with Crippen molar-refractivity contribution >= 4 is 5.78 Å². The van der Waals surface area contributed by atoms with Crippen LogP contribution >= 0.6 is 0 Å². The molecule has 0 saturated heterocycles. The van der Waals surface area contributed by atoms with Crippen LogP contribution in [0.5, 0.6) is 5.75 Å². The summed E-state index contributed by atoms with van der Waals surface area (Å²) in [4.78, 5) is 12.2. The first-order valence-corrected chi connectivity index (χ1v) is 8.32. The molecule has 1 aliphatic carbocycles. The zero-order chi connectivity index (χ0) is 14.0. The van der Waals surface area contributed by atoms with Gasteiger partial charge in [0.15, 0.2) is 11.5 Å². The third-order valence-electron chi connectivity index (χ3n) is 3.04. The molecule has 2 rings (SSSR count). The second-order valence-electron chi connectivity index (χ2n) is 5.43. The number of ether oxygens (including phenoxy) is 1. The van der Waals surface area contributed by atoms with Crippen LogP contribution in [-0.4, -0.2) is 18.0 Å². The van der Waals surface area contributed by atoms with Crippen LogP contribution in [0.25, 0.3) is 0 Å². The number of ketones is 1. The molecule has 0 spiro atoms.